The molecule has 0 saturated carbocycles. The summed E-state index contributed by atoms with van der Waals surface area (Å²) in [5.41, 5.74) is 5.65. The highest BCUT2D eigenvalue weighted by molar-refractivity contribution is 5.92. The van der Waals surface area contributed by atoms with Gasteiger partial charge in [0, 0.05) is 49.3 Å². The fourth-order valence-corrected chi connectivity index (χ4v) is 7.65. The third-order valence-electron chi connectivity index (χ3n) is 10.6. The number of esters is 1. The molecule has 5 atom stereocenters. The Kier molecular flexibility index (Phi) is 11.5. The fourth-order valence-electron chi connectivity index (χ4n) is 7.65. The molecule has 0 spiro atoms. The van der Waals surface area contributed by atoms with E-state index < -0.39 is 24.3 Å². The molecule has 54 heavy (non-hydrogen) atoms. The molecule has 2 amide bonds. The van der Waals surface area contributed by atoms with Crippen molar-refractivity contribution in [2.75, 3.05) is 32.1 Å². The van der Waals surface area contributed by atoms with Crippen LogP contribution in [-0.2, 0) is 32.0 Å². The molecule has 1 aromatic heterocycles. The Morgan fingerprint density at radius 2 is 1.65 bits per heavy atom. The number of aromatic nitrogens is 2. The number of carbonyl (C=O) groups excluding carboxylic acids is 2. The van der Waals surface area contributed by atoms with Gasteiger partial charge in [-0.1, -0.05) is 85.8 Å². The predicted octanol–water partition coefficient (Wildman–Crippen LogP) is 5.86. The van der Waals surface area contributed by atoms with Crippen LogP contribution in [0.4, 0.5) is 10.5 Å². The van der Waals surface area contributed by atoms with Crippen LogP contribution in [-0.4, -0.2) is 70.4 Å². The van der Waals surface area contributed by atoms with Crippen LogP contribution in [0, 0.1) is 5.92 Å². The molecule has 5 unspecified atom stereocenters. The average molecular weight is 734 g/mol. The molecule has 7 rings (SSSR count). The normalized spacial score (nSPS) is 21.4. The van der Waals surface area contributed by atoms with Gasteiger partial charge in [-0.3, -0.25) is 4.57 Å². The van der Waals surface area contributed by atoms with E-state index in [1.54, 1.807) is 6.07 Å². The van der Waals surface area contributed by atoms with E-state index >= 15 is 0 Å². The Morgan fingerprint density at radius 1 is 0.907 bits per heavy atom. The lowest BCUT2D eigenvalue weighted by molar-refractivity contribution is -0.276. The number of hydrogen-bond acceptors (Lipinski definition) is 8. The molecule has 282 valence electrons. The molecule has 2 aliphatic heterocycles. The molecule has 4 N–H and O–H groups in total. The first-order chi connectivity index (χ1) is 26.3. The van der Waals surface area contributed by atoms with Crippen LogP contribution < -0.4 is 16.3 Å². The zero-order chi connectivity index (χ0) is 37.6. The molecule has 5 aromatic rings. The summed E-state index contributed by atoms with van der Waals surface area (Å²) in [5, 5.41) is 15.3. The smallest absolute Gasteiger partial charge is 0.328 e. The Hall–Kier alpha value is -5.27. The summed E-state index contributed by atoms with van der Waals surface area (Å²) >= 11 is 0. The van der Waals surface area contributed by atoms with Crippen LogP contribution in [0.15, 0.2) is 108 Å². The number of piperidine rings is 1. The lowest BCUT2D eigenvalue weighted by atomic mass is 9.89. The minimum absolute atomic E-state index is 0.0119. The number of ether oxygens (including phenoxy) is 3. The molecule has 0 aliphatic carbocycles. The summed E-state index contributed by atoms with van der Waals surface area (Å²) in [4.78, 5) is 44.0. The number of carbonyl (C=O) groups is 2. The zero-order valence-electron chi connectivity index (χ0n) is 30.5. The third-order valence-corrected chi connectivity index (χ3v) is 10.6. The number of aromatic amines is 1. The monoisotopic (exact) mass is 733 g/mol. The number of aliphatic hydroxyl groups is 1. The molecule has 2 aliphatic rings. The summed E-state index contributed by atoms with van der Waals surface area (Å²) in [6, 6.07) is 31.1. The SMILES string of the molecule is COC(=O)C(Cc1ccccc1)NC(=O)Nc1cccc(C2OC(CN3CCC(n4c(=O)[nH]c5ccccc54)CC3)C(C)C(c3ccc(CO)cc3)O2)c1. The van der Waals surface area contributed by atoms with Gasteiger partial charge in [0.05, 0.1) is 37.0 Å². The van der Waals surface area contributed by atoms with Crippen molar-refractivity contribution in [1.82, 2.24) is 19.8 Å². The number of fused-ring (bicyclic) bond motifs is 1. The molecule has 2 saturated heterocycles. The number of amides is 2. The number of nitrogens with zero attached hydrogens (tertiary/aromatic N) is 2. The van der Waals surface area contributed by atoms with Gasteiger partial charge in [0.2, 0.25) is 0 Å². The van der Waals surface area contributed by atoms with Crippen LogP contribution >= 0.6 is 0 Å². The number of urea groups is 1. The number of hydrogen-bond donors (Lipinski definition) is 4. The van der Waals surface area contributed by atoms with E-state index in [1.165, 1.54) is 7.11 Å². The molecule has 0 bridgehead atoms. The average Bonchev–Trinajstić information content (AvgIpc) is 3.54. The number of anilines is 1. The number of imidazole rings is 1. The van der Waals surface area contributed by atoms with E-state index in [9.17, 15) is 19.5 Å². The second-order valence-corrected chi connectivity index (χ2v) is 14.2. The van der Waals surface area contributed by atoms with Gasteiger partial charge in [0.25, 0.3) is 0 Å². The van der Waals surface area contributed by atoms with Crippen LogP contribution in [0.5, 0.6) is 0 Å². The highest BCUT2D eigenvalue weighted by atomic mass is 16.7. The van der Waals surface area contributed by atoms with E-state index in [0.717, 1.165) is 59.2 Å². The van der Waals surface area contributed by atoms with E-state index in [-0.39, 0.29) is 42.9 Å². The van der Waals surface area contributed by atoms with Gasteiger partial charge < -0.3 is 39.8 Å². The van der Waals surface area contributed by atoms with Crippen LogP contribution in [0.1, 0.15) is 60.5 Å². The zero-order valence-corrected chi connectivity index (χ0v) is 30.5. The van der Waals surface area contributed by atoms with Crippen LogP contribution in [0.3, 0.4) is 0 Å². The quantitative estimate of drug-likeness (QED) is 0.124. The van der Waals surface area contributed by atoms with Gasteiger partial charge in [-0.25, -0.2) is 14.4 Å². The number of nitrogens with one attached hydrogen (secondary N) is 3. The maximum atomic E-state index is 13.2. The summed E-state index contributed by atoms with van der Waals surface area (Å²) in [6.07, 6.45) is 0.728. The van der Waals surface area contributed by atoms with Crippen molar-refractivity contribution in [2.24, 2.45) is 5.92 Å². The molecule has 12 heteroatoms. The highest BCUT2D eigenvalue weighted by Crippen LogP contribution is 2.42. The summed E-state index contributed by atoms with van der Waals surface area (Å²) < 4.78 is 20.3. The Labute approximate surface area is 314 Å². The standard InChI is InChI=1S/C42H47N5O7/c1-27-37(25-46-21-19-33(20-22-46)47-36-14-7-6-13-34(36)45-42(47)51)53-40(54-38(27)30-17-15-29(26-48)16-18-30)31-11-8-12-32(24-31)43-41(50)44-35(39(49)52-2)23-28-9-4-3-5-10-28/h3-18,24,27,33,35,37-38,40,48H,19-23,25-26H2,1-2H3,(H,45,51)(H2,43,44,50). The van der Waals surface area contributed by atoms with Gasteiger partial charge in [0.1, 0.15) is 6.04 Å². The van der Waals surface area contributed by atoms with Gasteiger partial charge >= 0.3 is 17.7 Å². The Balaban J connectivity index is 1.06. The summed E-state index contributed by atoms with van der Waals surface area (Å²) in [7, 11) is 1.30. The molecule has 12 nitrogen and oxygen atoms in total. The van der Waals surface area contributed by atoms with E-state index in [2.05, 4.69) is 27.4 Å². The lowest BCUT2D eigenvalue weighted by Gasteiger charge is -2.44. The van der Waals surface area contributed by atoms with E-state index in [4.69, 9.17) is 14.2 Å². The molecule has 2 fully saturated rings. The topological polar surface area (TPSA) is 147 Å². The minimum Gasteiger partial charge on any atom is -0.467 e. The van der Waals surface area contributed by atoms with Crippen molar-refractivity contribution in [1.29, 1.82) is 0 Å². The summed E-state index contributed by atoms with van der Waals surface area (Å²) in [6.45, 7) is 4.40. The fraction of sp³-hybridized carbons (Fsp3) is 0.357. The van der Waals surface area contributed by atoms with Crippen molar-refractivity contribution in [3.8, 4) is 0 Å². The number of methoxy groups -OCH3 is 1. The van der Waals surface area contributed by atoms with E-state index in [1.807, 2.05) is 102 Å². The van der Waals surface area contributed by atoms with Crippen molar-refractivity contribution in [3.05, 3.63) is 136 Å². The third kappa shape index (κ3) is 8.42. The highest BCUT2D eigenvalue weighted by Gasteiger charge is 2.40. The van der Waals surface area contributed by atoms with Gasteiger partial charge in [-0.2, -0.15) is 0 Å². The number of para-hydroxylation sites is 2. The minimum atomic E-state index is -0.876. The van der Waals surface area contributed by atoms with E-state index in [0.29, 0.717) is 12.2 Å². The number of aliphatic hydroxyl groups excluding tert-OH is 1. The predicted molar refractivity (Wildman–Crippen MR) is 205 cm³/mol. The van der Waals surface area contributed by atoms with Crippen molar-refractivity contribution in [2.45, 2.75) is 63.4 Å². The summed E-state index contributed by atoms with van der Waals surface area (Å²) in [5.74, 6) is -0.553. The first-order valence-electron chi connectivity index (χ1n) is 18.5. The molecule has 3 heterocycles. The number of likely N-dealkylation sites (tertiary alicyclic amines) is 1. The number of H-pyrrole nitrogens is 1. The van der Waals surface area contributed by atoms with Crippen LogP contribution in [0.2, 0.25) is 0 Å². The lowest BCUT2D eigenvalue weighted by Crippen LogP contribution is -2.47. The second-order valence-electron chi connectivity index (χ2n) is 14.2. The van der Waals surface area contributed by atoms with Crippen LogP contribution in [0.25, 0.3) is 11.0 Å². The maximum Gasteiger partial charge on any atom is 0.328 e. The largest absolute Gasteiger partial charge is 0.467 e. The van der Waals surface area contributed by atoms with Crippen molar-refractivity contribution in [3.63, 3.8) is 0 Å². The second kappa shape index (κ2) is 16.8. The van der Waals surface area contributed by atoms with Crippen molar-refractivity contribution < 1.29 is 28.9 Å². The Morgan fingerprint density at radius 3 is 2.39 bits per heavy atom. The first kappa shape index (κ1) is 37.1. The van der Waals surface area contributed by atoms with Crippen molar-refractivity contribution >= 4 is 28.7 Å². The molecule has 0 radical (unpaired) electrons. The van der Waals surface area contributed by atoms with Gasteiger partial charge in [0.15, 0.2) is 6.29 Å². The number of rotatable bonds is 11. The molecular formula is C42H47N5O7. The Bertz CT molecular complexity index is 2090. The molecular weight excluding hydrogens is 686 g/mol. The maximum absolute atomic E-state index is 13.2. The first-order valence-corrected chi connectivity index (χ1v) is 18.5. The van der Waals surface area contributed by atoms with Gasteiger partial charge in [-0.05, 0) is 53.8 Å². The van der Waals surface area contributed by atoms with Gasteiger partial charge in [-0.15, -0.1) is 0 Å². The molecule has 4 aromatic carbocycles. The number of benzene rings is 4.